The third-order valence-corrected chi connectivity index (χ3v) is 5.15. The summed E-state index contributed by atoms with van der Waals surface area (Å²) < 4.78 is 5.25. The summed E-state index contributed by atoms with van der Waals surface area (Å²) in [6, 6.07) is 9.06. The number of methoxy groups -OCH3 is 1. The molecule has 1 fully saturated rings. The third kappa shape index (κ3) is 4.84. The monoisotopic (exact) mass is 369 g/mol. The molecule has 0 spiro atoms. The van der Waals surface area contributed by atoms with Gasteiger partial charge in [0, 0.05) is 38.6 Å². The van der Waals surface area contributed by atoms with Crippen LogP contribution in [0.25, 0.3) is 0 Å². The van der Waals surface area contributed by atoms with E-state index < -0.39 is 12.0 Å². The van der Waals surface area contributed by atoms with Crippen molar-refractivity contribution < 1.29 is 14.6 Å². The Hall–Kier alpha value is -2.44. The number of aryl methyl sites for hydroxylation is 1. The first-order valence-corrected chi connectivity index (χ1v) is 9.31. The highest BCUT2D eigenvalue weighted by Gasteiger charge is 2.30. The summed E-state index contributed by atoms with van der Waals surface area (Å²) >= 11 is 0. The van der Waals surface area contributed by atoms with Crippen LogP contribution >= 0.6 is 0 Å². The number of pyridine rings is 1. The van der Waals surface area contributed by atoms with Gasteiger partial charge in [-0.2, -0.15) is 0 Å². The second kappa shape index (κ2) is 8.97. The zero-order chi connectivity index (χ0) is 19.2. The molecule has 1 aliphatic rings. The van der Waals surface area contributed by atoms with E-state index in [1.54, 1.807) is 7.11 Å². The van der Waals surface area contributed by atoms with Gasteiger partial charge < -0.3 is 9.84 Å². The normalized spacial score (nSPS) is 17.3. The Bertz CT molecular complexity index is 767. The van der Waals surface area contributed by atoms with Crippen molar-refractivity contribution in [3.05, 3.63) is 59.4 Å². The van der Waals surface area contributed by atoms with Crippen molar-refractivity contribution in [2.24, 2.45) is 0 Å². The molecule has 0 bridgehead atoms. The van der Waals surface area contributed by atoms with Gasteiger partial charge in [0.2, 0.25) is 0 Å². The van der Waals surface area contributed by atoms with Crippen molar-refractivity contribution in [1.82, 2.24) is 14.8 Å². The van der Waals surface area contributed by atoms with Crippen molar-refractivity contribution in [3.63, 3.8) is 0 Å². The smallest absolute Gasteiger partial charge is 0.325 e. The number of aromatic nitrogens is 1. The fraction of sp³-hybridized carbons (Fsp3) is 0.429. The van der Waals surface area contributed by atoms with E-state index in [1.807, 2.05) is 49.6 Å². The van der Waals surface area contributed by atoms with Gasteiger partial charge in [-0.05, 0) is 60.8 Å². The Morgan fingerprint density at radius 1 is 1.19 bits per heavy atom. The lowest BCUT2D eigenvalue weighted by Gasteiger charge is -2.29. The summed E-state index contributed by atoms with van der Waals surface area (Å²) in [7, 11) is 1.62. The molecule has 0 saturated carbocycles. The molecule has 3 rings (SSSR count). The minimum absolute atomic E-state index is 0.628. The van der Waals surface area contributed by atoms with E-state index in [0.717, 1.165) is 56.0 Å². The average molecular weight is 369 g/mol. The van der Waals surface area contributed by atoms with E-state index in [4.69, 9.17) is 4.74 Å². The molecule has 2 heterocycles. The fourth-order valence-electron chi connectivity index (χ4n) is 3.72. The number of benzene rings is 1. The largest absolute Gasteiger partial charge is 0.497 e. The van der Waals surface area contributed by atoms with Gasteiger partial charge in [0.15, 0.2) is 0 Å². The highest BCUT2D eigenvalue weighted by atomic mass is 16.5. The Balaban J connectivity index is 1.72. The topological polar surface area (TPSA) is 65.9 Å². The van der Waals surface area contributed by atoms with E-state index in [-0.39, 0.29) is 0 Å². The molecule has 0 unspecified atom stereocenters. The standard InChI is InChI=1S/C21H27N3O3/c1-16-14-18(27-2)4-5-19(16)20(21(25)26)24-11-3-10-23(12-13-24)15-17-6-8-22-9-7-17/h4-9,14,20H,3,10-13,15H2,1-2H3,(H,25,26)/t20-/m0/s1. The second-order valence-electron chi connectivity index (χ2n) is 6.98. The molecule has 144 valence electrons. The number of ether oxygens (including phenoxy) is 1. The Labute approximate surface area is 160 Å². The molecule has 0 radical (unpaired) electrons. The molecule has 0 amide bonds. The highest BCUT2D eigenvalue weighted by molar-refractivity contribution is 5.76. The van der Waals surface area contributed by atoms with Gasteiger partial charge in [-0.3, -0.25) is 19.6 Å². The number of nitrogens with zero attached hydrogens (tertiary/aromatic N) is 3. The second-order valence-corrected chi connectivity index (χ2v) is 6.98. The number of aliphatic carboxylic acids is 1. The summed E-state index contributed by atoms with van der Waals surface area (Å²) in [4.78, 5) is 20.6. The number of rotatable bonds is 6. The van der Waals surface area contributed by atoms with Crippen LogP contribution < -0.4 is 4.74 Å². The number of hydrogen-bond donors (Lipinski definition) is 1. The first kappa shape index (κ1) is 19.3. The van der Waals surface area contributed by atoms with E-state index in [2.05, 4.69) is 14.8 Å². The predicted molar refractivity (Wildman–Crippen MR) is 104 cm³/mol. The van der Waals surface area contributed by atoms with Crippen molar-refractivity contribution in [2.75, 3.05) is 33.3 Å². The maximum absolute atomic E-state index is 12.1. The molecular weight excluding hydrogens is 342 g/mol. The van der Waals surface area contributed by atoms with Crippen LogP contribution in [-0.4, -0.2) is 59.1 Å². The number of carbonyl (C=O) groups is 1. The van der Waals surface area contributed by atoms with E-state index in [0.29, 0.717) is 0 Å². The van der Waals surface area contributed by atoms with E-state index in [1.165, 1.54) is 5.56 Å². The molecule has 1 N–H and O–H groups in total. The van der Waals surface area contributed by atoms with Crippen molar-refractivity contribution in [2.45, 2.75) is 25.9 Å². The molecular formula is C21H27N3O3. The molecule has 1 aromatic carbocycles. The molecule has 1 atom stereocenters. The Kier molecular flexibility index (Phi) is 6.42. The lowest BCUT2D eigenvalue weighted by Crippen LogP contribution is -2.37. The van der Waals surface area contributed by atoms with Gasteiger partial charge in [-0.1, -0.05) is 6.07 Å². The summed E-state index contributed by atoms with van der Waals surface area (Å²) in [6.45, 7) is 6.13. The van der Waals surface area contributed by atoms with Crippen LogP contribution in [0.15, 0.2) is 42.7 Å². The molecule has 6 nitrogen and oxygen atoms in total. The van der Waals surface area contributed by atoms with Crippen LogP contribution in [0.1, 0.15) is 29.2 Å². The number of carboxylic acid groups (broad SMARTS) is 1. The maximum atomic E-state index is 12.1. The molecule has 1 aromatic heterocycles. The van der Waals surface area contributed by atoms with Gasteiger partial charge in [0.25, 0.3) is 0 Å². The molecule has 6 heteroatoms. The van der Waals surface area contributed by atoms with Gasteiger partial charge in [-0.15, -0.1) is 0 Å². The van der Waals surface area contributed by atoms with Crippen LogP contribution in [-0.2, 0) is 11.3 Å². The van der Waals surface area contributed by atoms with E-state index >= 15 is 0 Å². The summed E-state index contributed by atoms with van der Waals surface area (Å²) in [5, 5.41) is 9.93. The van der Waals surface area contributed by atoms with Crippen molar-refractivity contribution in [3.8, 4) is 5.75 Å². The van der Waals surface area contributed by atoms with Crippen LogP contribution in [0.5, 0.6) is 5.75 Å². The van der Waals surface area contributed by atoms with Crippen molar-refractivity contribution in [1.29, 1.82) is 0 Å². The fourth-order valence-corrected chi connectivity index (χ4v) is 3.72. The van der Waals surface area contributed by atoms with Crippen molar-refractivity contribution >= 4 is 5.97 Å². The van der Waals surface area contributed by atoms with Crippen LogP contribution in [0.4, 0.5) is 0 Å². The van der Waals surface area contributed by atoms with Crippen LogP contribution in [0.3, 0.4) is 0 Å². The zero-order valence-electron chi connectivity index (χ0n) is 16.0. The predicted octanol–water partition coefficient (Wildman–Crippen LogP) is 2.73. The minimum atomic E-state index is -0.800. The van der Waals surface area contributed by atoms with Crippen LogP contribution in [0, 0.1) is 6.92 Å². The third-order valence-electron chi connectivity index (χ3n) is 5.15. The molecule has 0 aliphatic carbocycles. The zero-order valence-corrected chi connectivity index (χ0v) is 16.0. The van der Waals surface area contributed by atoms with Crippen LogP contribution in [0.2, 0.25) is 0 Å². The molecule has 2 aromatic rings. The lowest BCUT2D eigenvalue weighted by atomic mass is 9.99. The summed E-state index contributed by atoms with van der Waals surface area (Å²) in [6.07, 6.45) is 4.57. The average Bonchev–Trinajstić information content (AvgIpc) is 2.89. The SMILES string of the molecule is COc1ccc([C@@H](C(=O)O)N2CCCN(Cc3ccncc3)CC2)c(C)c1. The quantitative estimate of drug-likeness (QED) is 0.845. The minimum Gasteiger partial charge on any atom is -0.497 e. The first-order valence-electron chi connectivity index (χ1n) is 9.31. The number of hydrogen-bond acceptors (Lipinski definition) is 5. The molecule has 1 aliphatic heterocycles. The number of carboxylic acids is 1. The van der Waals surface area contributed by atoms with E-state index in [9.17, 15) is 9.90 Å². The first-order chi connectivity index (χ1) is 13.1. The Morgan fingerprint density at radius 2 is 1.96 bits per heavy atom. The maximum Gasteiger partial charge on any atom is 0.325 e. The molecule has 27 heavy (non-hydrogen) atoms. The van der Waals surface area contributed by atoms with Gasteiger partial charge >= 0.3 is 5.97 Å². The van der Waals surface area contributed by atoms with Gasteiger partial charge in [-0.25, -0.2) is 0 Å². The highest BCUT2D eigenvalue weighted by Crippen LogP contribution is 2.28. The lowest BCUT2D eigenvalue weighted by molar-refractivity contribution is -0.143. The molecule has 1 saturated heterocycles. The summed E-state index contributed by atoms with van der Waals surface area (Å²) in [5.74, 6) is -0.0503. The van der Waals surface area contributed by atoms with Gasteiger partial charge in [0.05, 0.1) is 7.11 Å². The van der Waals surface area contributed by atoms with Gasteiger partial charge in [0.1, 0.15) is 11.8 Å². The Morgan fingerprint density at radius 3 is 2.63 bits per heavy atom. The summed E-state index contributed by atoms with van der Waals surface area (Å²) in [5.41, 5.74) is 3.02.